The van der Waals surface area contributed by atoms with Crippen molar-refractivity contribution in [3.8, 4) is 22.8 Å². The van der Waals surface area contributed by atoms with Gasteiger partial charge in [-0.15, -0.1) is 0 Å². The van der Waals surface area contributed by atoms with Crippen LogP contribution >= 0.6 is 0 Å². The number of aromatic nitrogens is 3. The summed E-state index contributed by atoms with van der Waals surface area (Å²) in [5, 5.41) is 10.3. The summed E-state index contributed by atoms with van der Waals surface area (Å²) in [5.74, 6) is 1.59. The molecule has 0 amide bonds. The van der Waals surface area contributed by atoms with Crippen LogP contribution in [0.1, 0.15) is 24.0 Å². The second-order valence-corrected chi connectivity index (χ2v) is 8.10. The fraction of sp³-hybridized carbons (Fsp3) is 0.400. The van der Waals surface area contributed by atoms with Gasteiger partial charge >= 0.3 is 0 Å². The van der Waals surface area contributed by atoms with Crippen LogP contribution in [0.25, 0.3) is 22.8 Å². The number of likely N-dealkylation sites (N-methyl/N-ethyl adjacent to an activating group) is 1. The molecule has 7 nitrogen and oxygen atoms in total. The Morgan fingerprint density at radius 3 is 2.69 bits per heavy atom. The monoisotopic (exact) mass is 432 g/mol. The molecule has 32 heavy (non-hydrogen) atoms. The predicted octanol–water partition coefficient (Wildman–Crippen LogP) is 3.41. The number of rotatable bonds is 9. The largest absolute Gasteiger partial charge is 0.381 e. The van der Waals surface area contributed by atoms with Crippen molar-refractivity contribution in [3.63, 3.8) is 0 Å². The minimum absolute atomic E-state index is 0.351. The second kappa shape index (κ2) is 11.1. The van der Waals surface area contributed by atoms with E-state index in [0.29, 0.717) is 11.9 Å². The van der Waals surface area contributed by atoms with Gasteiger partial charge in [-0.05, 0) is 50.6 Å². The highest BCUT2D eigenvalue weighted by Crippen LogP contribution is 2.29. The Balaban J connectivity index is 1.67. The molecular weight excluding hydrogens is 400 g/mol. The molecular formula is C25H32N6O. The van der Waals surface area contributed by atoms with Gasteiger partial charge in [0.2, 0.25) is 0 Å². The van der Waals surface area contributed by atoms with E-state index < -0.39 is 0 Å². The van der Waals surface area contributed by atoms with Gasteiger partial charge in [0.1, 0.15) is 5.82 Å². The van der Waals surface area contributed by atoms with Crippen molar-refractivity contribution in [3.05, 3.63) is 59.8 Å². The fourth-order valence-corrected chi connectivity index (χ4v) is 3.84. The lowest BCUT2D eigenvalue weighted by Crippen LogP contribution is -2.28. The number of pyridine rings is 1. The van der Waals surface area contributed by atoms with Crippen molar-refractivity contribution in [2.45, 2.75) is 32.4 Å². The van der Waals surface area contributed by atoms with Crippen LogP contribution in [0.2, 0.25) is 0 Å². The molecule has 1 aliphatic heterocycles. The summed E-state index contributed by atoms with van der Waals surface area (Å²) in [5.41, 5.74) is 4.95. The van der Waals surface area contributed by atoms with E-state index in [0.717, 1.165) is 74.0 Å². The normalized spacial score (nSPS) is 14.4. The maximum absolute atomic E-state index is 5.52. The zero-order valence-electron chi connectivity index (χ0n) is 18.9. The van der Waals surface area contributed by atoms with E-state index in [1.165, 1.54) is 5.56 Å². The standard InChI is InChI=1S/C25H32N6O/c1-18-23(22-8-3-4-11-28-22)30-25(31-24(18)29-21-9-14-32-15-10-21)20-7-5-6-19(16-20)17-27-13-12-26-2/h3-8,11,16,21,26-27H,9-10,12-15,17H2,1-2H3,(H,29,30,31). The molecule has 7 heteroatoms. The van der Waals surface area contributed by atoms with Gasteiger partial charge < -0.3 is 20.7 Å². The van der Waals surface area contributed by atoms with E-state index in [4.69, 9.17) is 14.7 Å². The summed E-state index contributed by atoms with van der Waals surface area (Å²) in [4.78, 5) is 14.5. The average molecular weight is 433 g/mol. The molecule has 0 saturated carbocycles. The van der Waals surface area contributed by atoms with E-state index >= 15 is 0 Å². The van der Waals surface area contributed by atoms with Crippen molar-refractivity contribution in [2.24, 2.45) is 0 Å². The highest BCUT2D eigenvalue weighted by molar-refractivity contribution is 5.70. The second-order valence-electron chi connectivity index (χ2n) is 8.10. The molecule has 168 valence electrons. The van der Waals surface area contributed by atoms with Gasteiger partial charge in [0.25, 0.3) is 0 Å². The molecule has 0 radical (unpaired) electrons. The lowest BCUT2D eigenvalue weighted by Gasteiger charge is -2.25. The molecule has 3 N–H and O–H groups in total. The lowest BCUT2D eigenvalue weighted by atomic mass is 10.1. The third-order valence-electron chi connectivity index (χ3n) is 5.68. The molecule has 0 bridgehead atoms. The van der Waals surface area contributed by atoms with Crippen LogP contribution in [0.4, 0.5) is 5.82 Å². The van der Waals surface area contributed by atoms with Crippen molar-refractivity contribution >= 4 is 5.82 Å². The molecule has 1 aliphatic rings. The molecule has 4 rings (SSSR count). The highest BCUT2D eigenvalue weighted by atomic mass is 16.5. The van der Waals surface area contributed by atoms with Crippen LogP contribution in [0, 0.1) is 6.92 Å². The molecule has 0 atom stereocenters. The first-order chi connectivity index (χ1) is 15.7. The minimum atomic E-state index is 0.351. The number of nitrogens with zero attached hydrogens (tertiary/aromatic N) is 3. The Morgan fingerprint density at radius 1 is 1.03 bits per heavy atom. The third-order valence-corrected chi connectivity index (χ3v) is 5.68. The third kappa shape index (κ3) is 5.68. The van der Waals surface area contributed by atoms with E-state index in [1.54, 1.807) is 6.20 Å². The Kier molecular flexibility index (Phi) is 7.77. The van der Waals surface area contributed by atoms with Crippen LogP contribution in [-0.2, 0) is 11.3 Å². The average Bonchev–Trinajstić information content (AvgIpc) is 2.84. The molecule has 2 aromatic heterocycles. The SMILES string of the molecule is CNCCNCc1cccc(-c2nc(NC3CCOCC3)c(C)c(-c3ccccn3)n2)c1. The van der Waals surface area contributed by atoms with Crippen molar-refractivity contribution in [1.29, 1.82) is 0 Å². The van der Waals surface area contributed by atoms with Gasteiger partial charge in [-0.2, -0.15) is 0 Å². The molecule has 0 aliphatic carbocycles. The zero-order valence-corrected chi connectivity index (χ0v) is 18.9. The first-order valence-electron chi connectivity index (χ1n) is 11.3. The summed E-state index contributed by atoms with van der Waals surface area (Å²) >= 11 is 0. The number of nitrogens with one attached hydrogen (secondary N) is 3. The van der Waals surface area contributed by atoms with Gasteiger partial charge in [0.15, 0.2) is 5.82 Å². The fourth-order valence-electron chi connectivity index (χ4n) is 3.84. The van der Waals surface area contributed by atoms with Gasteiger partial charge in [-0.3, -0.25) is 4.98 Å². The molecule has 3 heterocycles. The summed E-state index contributed by atoms with van der Waals surface area (Å²) in [6.07, 6.45) is 3.76. The molecule has 0 spiro atoms. The maximum atomic E-state index is 5.52. The summed E-state index contributed by atoms with van der Waals surface area (Å²) in [6, 6.07) is 14.7. The van der Waals surface area contributed by atoms with Gasteiger partial charge in [-0.1, -0.05) is 24.3 Å². The van der Waals surface area contributed by atoms with Gasteiger partial charge in [-0.25, -0.2) is 9.97 Å². The Hall–Kier alpha value is -2.87. The van der Waals surface area contributed by atoms with Crippen LogP contribution in [0.3, 0.4) is 0 Å². The Labute approximate surface area is 190 Å². The number of hydrogen-bond donors (Lipinski definition) is 3. The molecule has 1 saturated heterocycles. The van der Waals surface area contributed by atoms with E-state index in [-0.39, 0.29) is 0 Å². The van der Waals surface area contributed by atoms with Crippen molar-refractivity contribution < 1.29 is 4.74 Å². The first-order valence-corrected chi connectivity index (χ1v) is 11.3. The molecule has 3 aromatic rings. The molecule has 0 unspecified atom stereocenters. The highest BCUT2D eigenvalue weighted by Gasteiger charge is 2.19. The van der Waals surface area contributed by atoms with Crippen LogP contribution in [0.15, 0.2) is 48.7 Å². The quantitative estimate of drug-likeness (QED) is 0.447. The topological polar surface area (TPSA) is 84.0 Å². The molecule has 1 aromatic carbocycles. The van der Waals surface area contributed by atoms with E-state index in [1.807, 2.05) is 25.2 Å². The van der Waals surface area contributed by atoms with Gasteiger partial charge in [0, 0.05) is 56.2 Å². The Bertz CT molecular complexity index is 1000. The smallest absolute Gasteiger partial charge is 0.162 e. The summed E-state index contributed by atoms with van der Waals surface area (Å²) < 4.78 is 5.52. The summed E-state index contributed by atoms with van der Waals surface area (Å²) in [7, 11) is 1.96. The van der Waals surface area contributed by atoms with E-state index in [2.05, 4.69) is 52.1 Å². The Morgan fingerprint density at radius 2 is 1.91 bits per heavy atom. The lowest BCUT2D eigenvalue weighted by molar-refractivity contribution is 0.0904. The number of anilines is 1. The summed E-state index contributed by atoms with van der Waals surface area (Å²) in [6.45, 7) is 6.30. The predicted molar refractivity (Wildman–Crippen MR) is 129 cm³/mol. The first kappa shape index (κ1) is 22.3. The number of hydrogen-bond acceptors (Lipinski definition) is 7. The van der Waals surface area contributed by atoms with Crippen molar-refractivity contribution in [2.75, 3.05) is 38.7 Å². The van der Waals surface area contributed by atoms with Crippen LogP contribution in [-0.4, -0.2) is 54.3 Å². The maximum Gasteiger partial charge on any atom is 0.162 e. The zero-order chi connectivity index (χ0) is 22.2. The van der Waals surface area contributed by atoms with Crippen LogP contribution in [0.5, 0.6) is 0 Å². The minimum Gasteiger partial charge on any atom is -0.381 e. The molecule has 1 fully saturated rings. The van der Waals surface area contributed by atoms with Crippen LogP contribution < -0.4 is 16.0 Å². The van der Waals surface area contributed by atoms with Gasteiger partial charge in [0.05, 0.1) is 11.4 Å². The number of ether oxygens (including phenoxy) is 1. The van der Waals surface area contributed by atoms with Crippen molar-refractivity contribution in [1.82, 2.24) is 25.6 Å². The van der Waals surface area contributed by atoms with E-state index in [9.17, 15) is 0 Å². The number of benzene rings is 1.